The molecule has 0 heterocycles. The zero-order valence-electron chi connectivity index (χ0n) is 10.8. The van der Waals surface area contributed by atoms with Crippen LogP contribution in [-0.4, -0.2) is 12.2 Å². The van der Waals surface area contributed by atoms with Crippen LogP contribution in [-0.2, 0) is 0 Å². The second-order valence-electron chi connectivity index (χ2n) is 4.14. The van der Waals surface area contributed by atoms with E-state index in [-0.39, 0.29) is 16.9 Å². The Bertz CT molecular complexity index is 661. The number of carbonyl (C=O) groups is 1. The van der Waals surface area contributed by atoms with E-state index in [2.05, 4.69) is 5.32 Å². The fraction of sp³-hybridized carbons (Fsp3) is 0.0714. The summed E-state index contributed by atoms with van der Waals surface area (Å²) in [5.41, 5.74) is 11.8. The van der Waals surface area contributed by atoms with Crippen molar-refractivity contribution in [2.45, 2.75) is 4.90 Å². The summed E-state index contributed by atoms with van der Waals surface area (Å²) in [6.45, 7) is 0. The molecule has 0 saturated heterocycles. The van der Waals surface area contributed by atoms with Gasteiger partial charge in [0.25, 0.3) is 5.91 Å². The van der Waals surface area contributed by atoms with E-state index in [1.54, 1.807) is 17.8 Å². The van der Waals surface area contributed by atoms with E-state index in [4.69, 9.17) is 11.5 Å². The minimum Gasteiger partial charge on any atom is -0.398 e. The summed E-state index contributed by atoms with van der Waals surface area (Å²) in [5.74, 6) is -1.23. The van der Waals surface area contributed by atoms with Gasteiger partial charge in [-0.2, -0.15) is 0 Å². The van der Waals surface area contributed by atoms with Gasteiger partial charge in [0.2, 0.25) is 0 Å². The molecule has 20 heavy (non-hydrogen) atoms. The number of carbonyl (C=O) groups excluding carboxylic acids is 1. The average molecular weight is 291 g/mol. The molecule has 1 amide bonds. The fourth-order valence-corrected chi connectivity index (χ4v) is 2.21. The van der Waals surface area contributed by atoms with Crippen molar-refractivity contribution in [3.8, 4) is 0 Å². The summed E-state index contributed by atoms with van der Waals surface area (Å²) in [6.07, 6.45) is 1.95. The van der Waals surface area contributed by atoms with Crippen molar-refractivity contribution in [1.29, 1.82) is 0 Å². The maximum absolute atomic E-state index is 13.9. The minimum absolute atomic E-state index is 0.0263. The summed E-state index contributed by atoms with van der Waals surface area (Å²) in [5, 5.41) is 2.92. The van der Waals surface area contributed by atoms with E-state index >= 15 is 0 Å². The predicted octanol–water partition coefficient (Wildman–Crippen LogP) is 2.97. The third-order valence-electron chi connectivity index (χ3n) is 2.75. The van der Waals surface area contributed by atoms with Crippen LogP contribution in [0, 0.1) is 5.82 Å². The van der Waals surface area contributed by atoms with Gasteiger partial charge in [-0.25, -0.2) is 4.39 Å². The highest BCUT2D eigenvalue weighted by Gasteiger charge is 2.12. The molecule has 0 aromatic heterocycles. The molecule has 6 heteroatoms. The number of rotatable bonds is 4. The lowest BCUT2D eigenvalue weighted by atomic mass is 10.1. The molecular weight excluding hydrogens is 277 g/mol. The second kappa shape index (κ2) is 5.83. The van der Waals surface area contributed by atoms with Crippen molar-refractivity contribution in [2.24, 2.45) is 5.73 Å². The zero-order valence-corrected chi connectivity index (χ0v) is 11.6. The lowest BCUT2D eigenvalue weighted by Crippen LogP contribution is -2.14. The summed E-state index contributed by atoms with van der Waals surface area (Å²) in [6, 6.07) is 9.89. The smallest absolute Gasteiger partial charge is 0.250 e. The van der Waals surface area contributed by atoms with Crippen molar-refractivity contribution in [3.05, 3.63) is 47.8 Å². The van der Waals surface area contributed by atoms with Crippen LogP contribution in [0.5, 0.6) is 0 Å². The molecule has 0 unspecified atom stereocenters. The van der Waals surface area contributed by atoms with Crippen molar-refractivity contribution >= 4 is 34.7 Å². The van der Waals surface area contributed by atoms with Gasteiger partial charge < -0.3 is 16.8 Å². The molecule has 0 aliphatic rings. The standard InChI is InChI=1S/C14H14FN3OS/c1-20-9-4-2-3-8(5-9)18-13-6-10(14(17)19)12(16)7-11(13)15/h2-7,18H,16H2,1H3,(H2,17,19). The molecule has 5 N–H and O–H groups in total. The van der Waals surface area contributed by atoms with Gasteiger partial charge in [-0.05, 0) is 36.6 Å². The summed E-state index contributed by atoms with van der Waals surface area (Å²) < 4.78 is 13.9. The number of thioether (sulfide) groups is 1. The first kappa shape index (κ1) is 14.2. The monoisotopic (exact) mass is 291 g/mol. The largest absolute Gasteiger partial charge is 0.398 e. The first-order valence-corrected chi connectivity index (χ1v) is 7.03. The Kier molecular flexibility index (Phi) is 4.14. The molecule has 0 aliphatic carbocycles. The first-order valence-electron chi connectivity index (χ1n) is 5.81. The number of amides is 1. The number of primary amides is 1. The van der Waals surface area contributed by atoms with Gasteiger partial charge >= 0.3 is 0 Å². The third kappa shape index (κ3) is 3.03. The Balaban J connectivity index is 2.37. The molecule has 0 spiro atoms. The number of anilines is 3. The van der Waals surface area contributed by atoms with Gasteiger partial charge in [0.05, 0.1) is 11.3 Å². The Morgan fingerprint density at radius 3 is 2.70 bits per heavy atom. The van der Waals surface area contributed by atoms with Crippen molar-refractivity contribution in [3.63, 3.8) is 0 Å². The highest BCUT2D eigenvalue weighted by atomic mass is 32.2. The van der Waals surface area contributed by atoms with Gasteiger partial charge in [0.1, 0.15) is 5.82 Å². The molecule has 2 aromatic rings. The predicted molar refractivity (Wildman–Crippen MR) is 80.8 cm³/mol. The molecule has 4 nitrogen and oxygen atoms in total. The van der Waals surface area contributed by atoms with Gasteiger partial charge in [-0.3, -0.25) is 4.79 Å². The highest BCUT2D eigenvalue weighted by molar-refractivity contribution is 7.98. The van der Waals surface area contributed by atoms with Gasteiger partial charge in [-0.1, -0.05) is 6.07 Å². The Morgan fingerprint density at radius 2 is 2.05 bits per heavy atom. The summed E-state index contributed by atoms with van der Waals surface area (Å²) in [7, 11) is 0. The number of halogens is 1. The van der Waals surface area contributed by atoms with Crippen molar-refractivity contribution in [2.75, 3.05) is 17.3 Å². The number of nitrogens with one attached hydrogen (secondary N) is 1. The lowest BCUT2D eigenvalue weighted by Gasteiger charge is -2.11. The van der Waals surface area contributed by atoms with E-state index < -0.39 is 11.7 Å². The van der Waals surface area contributed by atoms with Crippen LogP contribution in [0.1, 0.15) is 10.4 Å². The molecule has 0 atom stereocenters. The SMILES string of the molecule is CSc1cccc(Nc2cc(C(N)=O)c(N)cc2F)c1. The zero-order chi connectivity index (χ0) is 14.7. The summed E-state index contributed by atoms with van der Waals surface area (Å²) in [4.78, 5) is 12.3. The van der Waals surface area contributed by atoms with Crippen molar-refractivity contribution in [1.82, 2.24) is 0 Å². The third-order valence-corrected chi connectivity index (χ3v) is 3.48. The van der Waals surface area contributed by atoms with Crippen LogP contribution in [0.2, 0.25) is 0 Å². The normalized spacial score (nSPS) is 10.3. The molecule has 0 fully saturated rings. The van der Waals surface area contributed by atoms with Crippen LogP contribution in [0.4, 0.5) is 21.5 Å². The first-order chi connectivity index (χ1) is 9.51. The Labute approximate surface area is 120 Å². The Morgan fingerprint density at radius 1 is 1.30 bits per heavy atom. The average Bonchev–Trinajstić information content (AvgIpc) is 2.41. The molecule has 0 aliphatic heterocycles. The lowest BCUT2D eigenvalue weighted by molar-refractivity contribution is 0.100. The molecule has 104 valence electrons. The van der Waals surface area contributed by atoms with Crippen LogP contribution < -0.4 is 16.8 Å². The van der Waals surface area contributed by atoms with Crippen LogP contribution >= 0.6 is 11.8 Å². The van der Waals surface area contributed by atoms with E-state index in [1.807, 2.05) is 24.5 Å². The summed E-state index contributed by atoms with van der Waals surface area (Å²) >= 11 is 1.58. The molecular formula is C14H14FN3OS. The highest BCUT2D eigenvalue weighted by Crippen LogP contribution is 2.27. The molecule has 0 saturated carbocycles. The number of hydrogen-bond donors (Lipinski definition) is 3. The molecule has 2 aromatic carbocycles. The van der Waals surface area contributed by atoms with Crippen molar-refractivity contribution < 1.29 is 9.18 Å². The second-order valence-corrected chi connectivity index (χ2v) is 5.02. The van der Waals surface area contributed by atoms with Crippen LogP contribution in [0.3, 0.4) is 0 Å². The fourth-order valence-electron chi connectivity index (χ4n) is 1.75. The van der Waals surface area contributed by atoms with Crippen LogP contribution in [0.15, 0.2) is 41.3 Å². The van der Waals surface area contributed by atoms with E-state index in [0.717, 1.165) is 16.6 Å². The molecule has 0 radical (unpaired) electrons. The maximum atomic E-state index is 13.9. The van der Waals surface area contributed by atoms with Gasteiger partial charge in [0.15, 0.2) is 0 Å². The number of hydrogen-bond acceptors (Lipinski definition) is 4. The molecule has 2 rings (SSSR count). The number of nitrogen functional groups attached to an aromatic ring is 1. The number of nitrogens with two attached hydrogens (primary N) is 2. The topological polar surface area (TPSA) is 81.1 Å². The van der Waals surface area contributed by atoms with Gasteiger partial charge in [0, 0.05) is 16.3 Å². The van der Waals surface area contributed by atoms with E-state index in [0.29, 0.717) is 0 Å². The van der Waals surface area contributed by atoms with Crippen LogP contribution in [0.25, 0.3) is 0 Å². The van der Waals surface area contributed by atoms with E-state index in [9.17, 15) is 9.18 Å². The quantitative estimate of drug-likeness (QED) is 0.597. The minimum atomic E-state index is -0.691. The number of benzene rings is 2. The molecule has 0 bridgehead atoms. The van der Waals surface area contributed by atoms with Gasteiger partial charge in [-0.15, -0.1) is 11.8 Å². The maximum Gasteiger partial charge on any atom is 0.250 e. The van der Waals surface area contributed by atoms with E-state index in [1.165, 1.54) is 6.07 Å². The Hall–Kier alpha value is -2.21.